The normalized spacial score (nSPS) is 9.00. The van der Waals surface area contributed by atoms with Gasteiger partial charge in [0.15, 0.2) is 0 Å². The maximum Gasteiger partial charge on any atom is 0.0634 e. The molecule has 1 aromatic rings. The van der Waals surface area contributed by atoms with Crippen LogP contribution in [0.15, 0.2) is 24.9 Å². The Labute approximate surface area is 68.0 Å². The molecule has 1 nitrogen and oxygen atoms in total. The molecule has 0 fully saturated rings. The zero-order valence-electron chi connectivity index (χ0n) is 4.84. The van der Waals surface area contributed by atoms with Crippen molar-refractivity contribution in [3.05, 3.63) is 34.2 Å². The van der Waals surface area contributed by atoms with Crippen LogP contribution in [-0.2, 0) is 0 Å². The monoisotopic (exact) mass is 231 g/mol. The second-order valence-corrected chi connectivity index (χ2v) is 2.85. The lowest BCUT2D eigenvalue weighted by Crippen LogP contribution is -1.78. The summed E-state index contributed by atoms with van der Waals surface area (Å²) in [6.45, 7) is 3.61. The molecule has 0 atom stereocenters. The summed E-state index contributed by atoms with van der Waals surface area (Å²) in [6, 6.07) is 3.93. The van der Waals surface area contributed by atoms with E-state index in [9.17, 15) is 0 Å². The molecule has 0 aromatic carbocycles. The first-order valence-electron chi connectivity index (χ1n) is 2.57. The van der Waals surface area contributed by atoms with E-state index in [1.807, 2.05) is 12.1 Å². The summed E-state index contributed by atoms with van der Waals surface area (Å²) in [5, 5.41) is 0. The molecule has 1 rings (SSSR count). The minimum absolute atomic E-state index is 0.932. The summed E-state index contributed by atoms with van der Waals surface area (Å²) in [4.78, 5) is 4.04. The highest BCUT2D eigenvalue weighted by molar-refractivity contribution is 14.1. The van der Waals surface area contributed by atoms with E-state index in [4.69, 9.17) is 0 Å². The molecule has 0 aliphatic carbocycles. The fraction of sp³-hybridized carbons (Fsp3) is 0. The molecule has 0 saturated carbocycles. The SMILES string of the molecule is C=Cc1cc(I)ccn1. The van der Waals surface area contributed by atoms with E-state index in [1.54, 1.807) is 12.3 Å². The van der Waals surface area contributed by atoms with Gasteiger partial charge in [-0.3, -0.25) is 4.98 Å². The highest BCUT2D eigenvalue weighted by atomic mass is 127. The molecule has 1 aromatic heterocycles. The average molecular weight is 231 g/mol. The van der Waals surface area contributed by atoms with Crippen molar-refractivity contribution in [2.24, 2.45) is 0 Å². The third-order valence-electron chi connectivity index (χ3n) is 0.952. The van der Waals surface area contributed by atoms with Crippen LogP contribution in [0.4, 0.5) is 0 Å². The van der Waals surface area contributed by atoms with Gasteiger partial charge in [0.05, 0.1) is 5.69 Å². The van der Waals surface area contributed by atoms with Crippen LogP contribution in [0.25, 0.3) is 6.08 Å². The summed E-state index contributed by atoms with van der Waals surface area (Å²) in [5.41, 5.74) is 0.932. The number of hydrogen-bond acceptors (Lipinski definition) is 1. The van der Waals surface area contributed by atoms with Crippen LogP contribution in [0, 0.1) is 3.57 Å². The molecule has 0 N–H and O–H groups in total. The van der Waals surface area contributed by atoms with Gasteiger partial charge < -0.3 is 0 Å². The van der Waals surface area contributed by atoms with Gasteiger partial charge in [-0.1, -0.05) is 6.58 Å². The van der Waals surface area contributed by atoms with Gasteiger partial charge in [0, 0.05) is 9.77 Å². The average Bonchev–Trinajstić information content (AvgIpc) is 1.88. The third kappa shape index (κ3) is 1.78. The number of halogens is 1. The molecule has 0 bridgehead atoms. The van der Waals surface area contributed by atoms with Crippen LogP contribution < -0.4 is 0 Å². The summed E-state index contributed by atoms with van der Waals surface area (Å²) in [5.74, 6) is 0. The lowest BCUT2D eigenvalue weighted by Gasteiger charge is -1.90. The Hall–Kier alpha value is -0.380. The van der Waals surface area contributed by atoms with Gasteiger partial charge in [-0.2, -0.15) is 0 Å². The van der Waals surface area contributed by atoms with Gasteiger partial charge in [-0.05, 0) is 40.8 Å². The van der Waals surface area contributed by atoms with Crippen molar-refractivity contribution in [3.63, 3.8) is 0 Å². The van der Waals surface area contributed by atoms with Gasteiger partial charge in [-0.25, -0.2) is 0 Å². The number of hydrogen-bond donors (Lipinski definition) is 0. The van der Waals surface area contributed by atoms with E-state index in [0.717, 1.165) is 5.69 Å². The lowest BCUT2D eigenvalue weighted by atomic mass is 10.4. The Balaban J connectivity index is 3.07. The molecule has 0 radical (unpaired) electrons. The largest absolute Gasteiger partial charge is 0.257 e. The van der Waals surface area contributed by atoms with Gasteiger partial charge in [-0.15, -0.1) is 0 Å². The van der Waals surface area contributed by atoms with E-state index >= 15 is 0 Å². The molecule has 0 aliphatic heterocycles. The summed E-state index contributed by atoms with van der Waals surface area (Å²) < 4.78 is 1.19. The molecule has 2 heteroatoms. The van der Waals surface area contributed by atoms with Crippen LogP contribution in [0.1, 0.15) is 5.69 Å². The first-order chi connectivity index (χ1) is 4.33. The van der Waals surface area contributed by atoms with Gasteiger partial charge in [0.25, 0.3) is 0 Å². The molecule has 46 valence electrons. The molecular formula is C7H6IN. The Morgan fingerprint density at radius 3 is 2.89 bits per heavy atom. The number of rotatable bonds is 1. The van der Waals surface area contributed by atoms with Crippen LogP contribution in [-0.4, -0.2) is 4.98 Å². The fourth-order valence-electron chi connectivity index (χ4n) is 0.533. The van der Waals surface area contributed by atoms with Crippen LogP contribution in [0.2, 0.25) is 0 Å². The zero-order valence-corrected chi connectivity index (χ0v) is 7.00. The fourth-order valence-corrected chi connectivity index (χ4v) is 1.01. The maximum absolute atomic E-state index is 4.04. The van der Waals surface area contributed by atoms with E-state index in [1.165, 1.54) is 3.57 Å². The highest BCUT2D eigenvalue weighted by Gasteiger charge is 1.86. The van der Waals surface area contributed by atoms with Crippen molar-refractivity contribution in [2.75, 3.05) is 0 Å². The van der Waals surface area contributed by atoms with E-state index < -0.39 is 0 Å². The van der Waals surface area contributed by atoms with Crippen molar-refractivity contribution in [1.29, 1.82) is 0 Å². The van der Waals surface area contributed by atoms with Crippen LogP contribution >= 0.6 is 22.6 Å². The molecule has 0 amide bonds. The minimum Gasteiger partial charge on any atom is -0.257 e. The molecule has 0 unspecified atom stereocenters. The van der Waals surface area contributed by atoms with Crippen molar-refractivity contribution in [1.82, 2.24) is 4.98 Å². The summed E-state index contributed by atoms with van der Waals surface area (Å²) in [7, 11) is 0. The lowest BCUT2D eigenvalue weighted by molar-refractivity contribution is 1.28. The molecule has 0 spiro atoms. The number of nitrogens with zero attached hydrogens (tertiary/aromatic N) is 1. The predicted molar refractivity (Wildman–Crippen MR) is 47.0 cm³/mol. The van der Waals surface area contributed by atoms with Crippen molar-refractivity contribution in [2.45, 2.75) is 0 Å². The Morgan fingerprint density at radius 1 is 1.67 bits per heavy atom. The molecule has 9 heavy (non-hydrogen) atoms. The maximum atomic E-state index is 4.04. The van der Waals surface area contributed by atoms with Crippen LogP contribution in [0.5, 0.6) is 0 Å². The van der Waals surface area contributed by atoms with Gasteiger partial charge in [0.2, 0.25) is 0 Å². The number of pyridine rings is 1. The van der Waals surface area contributed by atoms with Gasteiger partial charge in [0.1, 0.15) is 0 Å². The van der Waals surface area contributed by atoms with Crippen LogP contribution in [0.3, 0.4) is 0 Å². The van der Waals surface area contributed by atoms with Crippen molar-refractivity contribution < 1.29 is 0 Å². The number of aromatic nitrogens is 1. The smallest absolute Gasteiger partial charge is 0.0634 e. The molecule has 0 aliphatic rings. The van der Waals surface area contributed by atoms with E-state index in [-0.39, 0.29) is 0 Å². The van der Waals surface area contributed by atoms with Crippen molar-refractivity contribution in [3.8, 4) is 0 Å². The molecule has 0 saturated heterocycles. The molecular weight excluding hydrogens is 225 g/mol. The second-order valence-electron chi connectivity index (χ2n) is 1.60. The van der Waals surface area contributed by atoms with E-state index in [0.29, 0.717) is 0 Å². The topological polar surface area (TPSA) is 12.9 Å². The summed E-state index contributed by atoms with van der Waals surface area (Å²) >= 11 is 2.24. The summed E-state index contributed by atoms with van der Waals surface area (Å²) in [6.07, 6.45) is 3.51. The Kier molecular flexibility index (Phi) is 2.22. The Bertz CT molecular complexity index is 220. The first-order valence-corrected chi connectivity index (χ1v) is 3.65. The van der Waals surface area contributed by atoms with E-state index in [2.05, 4.69) is 34.2 Å². The van der Waals surface area contributed by atoms with Crippen molar-refractivity contribution >= 4 is 28.7 Å². The Morgan fingerprint density at radius 2 is 2.44 bits per heavy atom. The quantitative estimate of drug-likeness (QED) is 0.676. The second kappa shape index (κ2) is 2.96. The molecule has 1 heterocycles. The third-order valence-corrected chi connectivity index (χ3v) is 1.62. The minimum atomic E-state index is 0.932. The first kappa shape index (κ1) is 6.74. The zero-order chi connectivity index (χ0) is 6.69. The predicted octanol–water partition coefficient (Wildman–Crippen LogP) is 2.33. The van der Waals surface area contributed by atoms with Gasteiger partial charge >= 0.3 is 0 Å². The highest BCUT2D eigenvalue weighted by Crippen LogP contribution is 2.04. The standard InChI is InChI=1S/C7H6IN/c1-2-7-5-6(8)3-4-9-7/h2-5H,1H2.